The van der Waals surface area contributed by atoms with Crippen LogP contribution in [0.1, 0.15) is 58.2 Å². The summed E-state index contributed by atoms with van der Waals surface area (Å²) >= 11 is 0. The number of hydrogen-bond acceptors (Lipinski definition) is 7. The quantitative estimate of drug-likeness (QED) is 0.295. The van der Waals surface area contributed by atoms with Gasteiger partial charge in [0.05, 0.1) is 0 Å². The maximum atomic E-state index is 13.4. The lowest BCUT2D eigenvalue weighted by Crippen LogP contribution is -2.28. The number of phenols is 3. The largest absolute Gasteiger partial charge is 0.507 e. The van der Waals surface area contributed by atoms with Crippen LogP contribution in [-0.4, -0.2) is 26.0 Å². The van der Waals surface area contributed by atoms with E-state index in [2.05, 4.69) is 6.58 Å². The van der Waals surface area contributed by atoms with Crippen molar-refractivity contribution in [2.45, 2.75) is 59.0 Å². The zero-order chi connectivity index (χ0) is 27.4. The molecule has 2 heterocycles. The maximum absolute atomic E-state index is 13.4. The van der Waals surface area contributed by atoms with E-state index in [9.17, 15) is 25.2 Å². The van der Waals surface area contributed by atoms with Gasteiger partial charge in [0.25, 0.3) is 0 Å². The van der Waals surface area contributed by atoms with Crippen molar-refractivity contribution in [1.82, 2.24) is 0 Å². The van der Waals surface area contributed by atoms with Crippen molar-refractivity contribution in [2.24, 2.45) is 0 Å². The van der Waals surface area contributed by atoms with Crippen molar-refractivity contribution < 1.29 is 29.6 Å². The van der Waals surface area contributed by atoms with E-state index in [1.807, 2.05) is 47.6 Å². The van der Waals surface area contributed by atoms with Gasteiger partial charge in [-0.3, -0.25) is 4.79 Å². The lowest BCUT2D eigenvalue weighted by molar-refractivity contribution is 0.152. The number of phenolic OH excluding ortho intramolecular Hbond substituents is 3. The monoisotopic (exact) mass is 504 g/mol. The number of ether oxygens (including phenoxy) is 1. The van der Waals surface area contributed by atoms with Crippen molar-refractivity contribution >= 4 is 17.0 Å². The van der Waals surface area contributed by atoms with Crippen LogP contribution in [0.15, 0.2) is 51.7 Å². The minimum Gasteiger partial charge on any atom is -0.507 e. The number of rotatable bonds is 5. The van der Waals surface area contributed by atoms with Crippen LogP contribution < -0.4 is 10.2 Å². The highest BCUT2D eigenvalue weighted by atomic mass is 16.5. The third kappa shape index (κ3) is 4.35. The first kappa shape index (κ1) is 25.9. The average molecular weight is 505 g/mol. The van der Waals surface area contributed by atoms with Gasteiger partial charge >= 0.3 is 0 Å². The Kier molecular flexibility index (Phi) is 6.15. The normalized spacial score (nSPS) is 14.2. The van der Waals surface area contributed by atoms with Gasteiger partial charge in [0, 0.05) is 28.2 Å². The topological polar surface area (TPSA) is 120 Å². The minimum atomic E-state index is -0.850. The van der Waals surface area contributed by atoms with E-state index in [0.29, 0.717) is 16.7 Å². The number of fused-ring (bicyclic) bond motifs is 2. The molecule has 3 aromatic rings. The van der Waals surface area contributed by atoms with Gasteiger partial charge in [0.1, 0.15) is 28.1 Å². The summed E-state index contributed by atoms with van der Waals surface area (Å²) in [7, 11) is 0. The molecule has 194 valence electrons. The fourth-order valence-electron chi connectivity index (χ4n) is 4.43. The first-order chi connectivity index (χ1) is 17.2. The molecular weight excluding hydrogens is 472 g/mol. The molecule has 4 rings (SSSR count). The Morgan fingerprint density at radius 1 is 1.08 bits per heavy atom. The second-order valence-electron chi connectivity index (χ2n) is 10.7. The predicted molar refractivity (Wildman–Crippen MR) is 145 cm³/mol. The standard InChI is InChI=1S/C30H32O7/c1-8-29(4,5)18-13-21(33)26-17(11-12-30(6,7)37-26)22(18)28-25(35)24(34)23-20(32)14-19(31)16(27(23)36-28)10-9-15(2)3/h8-9,11-14,31-33,35H,1,10H2,2-7H3. The lowest BCUT2D eigenvalue weighted by atomic mass is 9.78. The van der Waals surface area contributed by atoms with E-state index in [-0.39, 0.29) is 46.0 Å². The van der Waals surface area contributed by atoms with Crippen molar-refractivity contribution in [3.05, 3.63) is 69.4 Å². The molecule has 0 radical (unpaired) electrons. The van der Waals surface area contributed by atoms with Crippen molar-refractivity contribution in [2.75, 3.05) is 0 Å². The number of hydrogen-bond donors (Lipinski definition) is 4. The van der Waals surface area contributed by atoms with Gasteiger partial charge in [-0.1, -0.05) is 37.6 Å². The molecule has 7 nitrogen and oxygen atoms in total. The molecule has 0 saturated heterocycles. The van der Waals surface area contributed by atoms with Crippen LogP contribution >= 0.6 is 0 Å². The molecule has 4 N–H and O–H groups in total. The van der Waals surface area contributed by atoms with Crippen LogP contribution in [0.25, 0.3) is 28.4 Å². The second-order valence-corrected chi connectivity index (χ2v) is 10.7. The molecule has 7 heteroatoms. The fourth-order valence-corrected chi connectivity index (χ4v) is 4.43. The van der Waals surface area contributed by atoms with Crippen LogP contribution in [-0.2, 0) is 11.8 Å². The van der Waals surface area contributed by atoms with Crippen LogP contribution in [0.2, 0.25) is 0 Å². The van der Waals surface area contributed by atoms with Crippen LogP contribution in [0.5, 0.6) is 28.7 Å². The smallest absolute Gasteiger partial charge is 0.238 e. The highest BCUT2D eigenvalue weighted by Crippen LogP contribution is 2.50. The van der Waals surface area contributed by atoms with Gasteiger partial charge in [-0.05, 0) is 51.8 Å². The van der Waals surface area contributed by atoms with E-state index < -0.39 is 27.9 Å². The maximum Gasteiger partial charge on any atom is 0.238 e. The molecule has 0 amide bonds. The number of allylic oxidation sites excluding steroid dienone is 3. The predicted octanol–water partition coefficient (Wildman–Crippen LogP) is 6.44. The molecule has 0 spiro atoms. The molecular formula is C30H32O7. The molecule has 0 aliphatic carbocycles. The Bertz CT molecular complexity index is 1560. The van der Waals surface area contributed by atoms with Crippen molar-refractivity contribution in [1.29, 1.82) is 0 Å². The zero-order valence-electron chi connectivity index (χ0n) is 21.9. The Hall–Kier alpha value is -4.13. The van der Waals surface area contributed by atoms with Crippen LogP contribution in [0.3, 0.4) is 0 Å². The molecule has 0 fully saturated rings. The first-order valence-electron chi connectivity index (χ1n) is 12.0. The highest BCUT2D eigenvalue weighted by molar-refractivity contribution is 5.93. The summed E-state index contributed by atoms with van der Waals surface area (Å²) < 4.78 is 12.3. The Morgan fingerprint density at radius 3 is 2.38 bits per heavy atom. The fraction of sp³-hybridized carbons (Fsp3) is 0.300. The summed E-state index contributed by atoms with van der Waals surface area (Å²) in [5.74, 6) is -1.57. The van der Waals surface area contributed by atoms with Gasteiger partial charge in [0.2, 0.25) is 11.2 Å². The van der Waals surface area contributed by atoms with Gasteiger partial charge in [-0.25, -0.2) is 0 Å². The molecule has 0 saturated carbocycles. The average Bonchev–Trinajstić information content (AvgIpc) is 2.80. The molecule has 2 aromatic carbocycles. The van der Waals surface area contributed by atoms with E-state index in [0.717, 1.165) is 11.6 Å². The molecule has 0 atom stereocenters. The summed E-state index contributed by atoms with van der Waals surface area (Å²) in [6, 6.07) is 2.58. The SMILES string of the molecule is C=CC(C)(C)c1cc(O)c2c(c1-c1oc3c(CC=C(C)C)c(O)cc(O)c3c(=O)c1O)C=CC(C)(C)O2. The van der Waals surface area contributed by atoms with Gasteiger partial charge in [0.15, 0.2) is 17.3 Å². The van der Waals surface area contributed by atoms with Crippen molar-refractivity contribution in [3.63, 3.8) is 0 Å². The van der Waals surface area contributed by atoms with Gasteiger partial charge < -0.3 is 29.6 Å². The molecule has 1 aliphatic rings. The summed E-state index contributed by atoms with van der Waals surface area (Å²) in [5.41, 5.74) is 0.212. The zero-order valence-corrected chi connectivity index (χ0v) is 21.9. The lowest BCUT2D eigenvalue weighted by Gasteiger charge is -2.32. The van der Waals surface area contributed by atoms with E-state index in [1.165, 1.54) is 6.07 Å². The van der Waals surface area contributed by atoms with Crippen molar-refractivity contribution in [3.8, 4) is 40.1 Å². The molecule has 1 aliphatic heterocycles. The third-order valence-corrected chi connectivity index (χ3v) is 6.66. The summed E-state index contributed by atoms with van der Waals surface area (Å²) in [5, 5.41) is 43.0. The Balaban J connectivity index is 2.20. The minimum absolute atomic E-state index is 0.0435. The summed E-state index contributed by atoms with van der Waals surface area (Å²) in [4.78, 5) is 13.4. The summed E-state index contributed by atoms with van der Waals surface area (Å²) in [6.07, 6.45) is 7.32. The first-order valence-corrected chi connectivity index (χ1v) is 12.0. The van der Waals surface area contributed by atoms with Crippen LogP contribution in [0, 0.1) is 0 Å². The molecule has 0 unspecified atom stereocenters. The van der Waals surface area contributed by atoms with E-state index in [1.54, 1.807) is 18.2 Å². The number of aromatic hydroxyl groups is 4. The molecule has 37 heavy (non-hydrogen) atoms. The molecule has 0 bridgehead atoms. The Labute approximate surface area is 215 Å². The van der Waals surface area contributed by atoms with E-state index >= 15 is 0 Å². The second kappa shape index (κ2) is 8.76. The third-order valence-electron chi connectivity index (χ3n) is 6.66. The molecule has 1 aromatic heterocycles. The van der Waals surface area contributed by atoms with E-state index in [4.69, 9.17) is 9.15 Å². The number of benzene rings is 2. The summed E-state index contributed by atoms with van der Waals surface area (Å²) in [6.45, 7) is 15.1. The Morgan fingerprint density at radius 2 is 1.76 bits per heavy atom. The highest BCUT2D eigenvalue weighted by Gasteiger charge is 2.34. The van der Waals surface area contributed by atoms with Gasteiger partial charge in [-0.2, -0.15) is 0 Å². The van der Waals surface area contributed by atoms with Crippen LogP contribution in [0.4, 0.5) is 0 Å². The van der Waals surface area contributed by atoms with Gasteiger partial charge in [-0.15, -0.1) is 6.58 Å².